The van der Waals surface area contributed by atoms with Gasteiger partial charge in [-0.1, -0.05) is 37.3 Å². The molecule has 3 aromatic rings. The number of alkyl halides is 3. The van der Waals surface area contributed by atoms with Crippen molar-refractivity contribution in [3.8, 4) is 22.6 Å². The number of hydrogen-bond donors (Lipinski definition) is 1. The molecule has 1 aliphatic rings. The second kappa shape index (κ2) is 8.03. The van der Waals surface area contributed by atoms with Gasteiger partial charge in [-0.15, -0.1) is 0 Å². The third-order valence-corrected chi connectivity index (χ3v) is 5.42. The smallest absolute Gasteiger partial charge is 0.338 e. The van der Waals surface area contributed by atoms with E-state index in [1.54, 1.807) is 12.3 Å². The summed E-state index contributed by atoms with van der Waals surface area (Å²) in [5.74, 6) is 1.39. The average molecular weight is 399 g/mol. The molecule has 6 heteroatoms. The van der Waals surface area contributed by atoms with Crippen molar-refractivity contribution >= 4 is 0 Å². The van der Waals surface area contributed by atoms with Gasteiger partial charge in [0.15, 0.2) is 0 Å². The van der Waals surface area contributed by atoms with Gasteiger partial charge in [-0.25, -0.2) is 4.98 Å². The van der Waals surface area contributed by atoms with Crippen LogP contribution in [0.15, 0.2) is 54.7 Å². The standard InChI is InChI=1S/C23H24F3N3/c1-16-5-4-10-29(14-16)15-17-6-2-8-19(11-17)22-27-13-21(28-22)18-7-3-9-20(12-18)23(24,25)26/h2-3,6-9,11-13,16H,4-5,10,14-15H2,1H3,(H,27,28). The number of halogens is 3. The largest absolute Gasteiger partial charge is 0.416 e. The molecule has 1 N–H and O–H groups in total. The molecular formula is C23H24F3N3. The van der Waals surface area contributed by atoms with Gasteiger partial charge >= 0.3 is 6.18 Å². The topological polar surface area (TPSA) is 31.9 Å². The summed E-state index contributed by atoms with van der Waals surface area (Å²) in [5, 5.41) is 0. The molecule has 1 unspecified atom stereocenters. The quantitative estimate of drug-likeness (QED) is 0.584. The molecule has 0 saturated carbocycles. The third-order valence-electron chi connectivity index (χ3n) is 5.42. The minimum absolute atomic E-state index is 0.469. The maximum absolute atomic E-state index is 13.0. The average Bonchev–Trinajstić information content (AvgIpc) is 3.18. The fourth-order valence-electron chi connectivity index (χ4n) is 3.98. The van der Waals surface area contributed by atoms with Gasteiger partial charge in [0.05, 0.1) is 17.5 Å². The lowest BCUT2D eigenvalue weighted by Crippen LogP contribution is -2.33. The summed E-state index contributed by atoms with van der Waals surface area (Å²) in [6.45, 7) is 5.43. The van der Waals surface area contributed by atoms with Gasteiger partial charge in [0.1, 0.15) is 5.82 Å². The number of hydrogen-bond acceptors (Lipinski definition) is 2. The van der Waals surface area contributed by atoms with Crippen LogP contribution in [-0.2, 0) is 12.7 Å². The fourth-order valence-corrected chi connectivity index (χ4v) is 3.98. The van der Waals surface area contributed by atoms with Gasteiger partial charge in [-0.3, -0.25) is 4.90 Å². The van der Waals surface area contributed by atoms with E-state index in [-0.39, 0.29) is 0 Å². The van der Waals surface area contributed by atoms with Gasteiger partial charge in [0, 0.05) is 24.2 Å². The fraction of sp³-hybridized carbons (Fsp3) is 0.348. The lowest BCUT2D eigenvalue weighted by atomic mass is 9.99. The number of nitrogens with zero attached hydrogens (tertiary/aromatic N) is 2. The predicted molar refractivity (Wildman–Crippen MR) is 108 cm³/mol. The first kappa shape index (κ1) is 19.7. The molecule has 0 radical (unpaired) electrons. The van der Waals surface area contributed by atoms with E-state index >= 15 is 0 Å². The van der Waals surface area contributed by atoms with Crippen molar-refractivity contribution in [1.29, 1.82) is 0 Å². The number of imidazole rings is 1. The normalized spacial score (nSPS) is 18.1. The molecule has 1 aliphatic heterocycles. The Morgan fingerprint density at radius 3 is 2.69 bits per heavy atom. The van der Waals surface area contributed by atoms with Crippen LogP contribution in [0.3, 0.4) is 0 Å². The highest BCUT2D eigenvalue weighted by molar-refractivity contribution is 5.65. The Hall–Kier alpha value is -2.60. The van der Waals surface area contributed by atoms with E-state index in [9.17, 15) is 13.2 Å². The Morgan fingerprint density at radius 1 is 1.10 bits per heavy atom. The molecular weight excluding hydrogens is 375 g/mol. The Labute approximate surface area is 168 Å². The Balaban J connectivity index is 1.54. The van der Waals surface area contributed by atoms with Crippen LogP contribution in [0.2, 0.25) is 0 Å². The van der Waals surface area contributed by atoms with Crippen LogP contribution in [0.25, 0.3) is 22.6 Å². The molecule has 4 rings (SSSR count). The van der Waals surface area contributed by atoms with Gasteiger partial charge in [-0.05, 0) is 49.1 Å². The van der Waals surface area contributed by atoms with Crippen LogP contribution in [0.1, 0.15) is 30.9 Å². The first-order valence-corrected chi connectivity index (χ1v) is 9.93. The second-order valence-electron chi connectivity index (χ2n) is 7.91. The number of nitrogens with one attached hydrogen (secondary N) is 1. The Morgan fingerprint density at radius 2 is 1.90 bits per heavy atom. The molecule has 0 bridgehead atoms. The lowest BCUT2D eigenvalue weighted by Gasteiger charge is -2.30. The Kier molecular flexibility index (Phi) is 5.46. The van der Waals surface area contributed by atoms with Crippen LogP contribution in [-0.4, -0.2) is 28.0 Å². The van der Waals surface area contributed by atoms with E-state index in [2.05, 4.69) is 33.9 Å². The van der Waals surface area contributed by atoms with E-state index in [4.69, 9.17) is 0 Å². The van der Waals surface area contributed by atoms with Crippen molar-refractivity contribution in [2.45, 2.75) is 32.5 Å². The van der Waals surface area contributed by atoms with Crippen molar-refractivity contribution in [2.75, 3.05) is 13.1 Å². The summed E-state index contributed by atoms with van der Waals surface area (Å²) in [5.41, 5.74) is 2.53. The number of aromatic amines is 1. The zero-order valence-corrected chi connectivity index (χ0v) is 16.3. The zero-order valence-electron chi connectivity index (χ0n) is 16.3. The molecule has 0 aliphatic carbocycles. The molecule has 2 aromatic carbocycles. The molecule has 1 saturated heterocycles. The predicted octanol–water partition coefficient (Wildman–Crippen LogP) is 5.99. The van der Waals surface area contributed by atoms with Crippen molar-refractivity contribution in [1.82, 2.24) is 14.9 Å². The van der Waals surface area contributed by atoms with Gasteiger partial charge in [0.25, 0.3) is 0 Å². The van der Waals surface area contributed by atoms with E-state index in [0.29, 0.717) is 17.1 Å². The third kappa shape index (κ3) is 4.70. The SMILES string of the molecule is CC1CCCN(Cc2cccc(-c3ncc(-c4cccc(C(F)(F)F)c4)[nH]3)c2)C1. The monoisotopic (exact) mass is 399 g/mol. The summed E-state index contributed by atoms with van der Waals surface area (Å²) in [6.07, 6.45) is -0.246. The van der Waals surface area contributed by atoms with Crippen molar-refractivity contribution in [3.63, 3.8) is 0 Å². The van der Waals surface area contributed by atoms with Gasteiger partial charge in [0.2, 0.25) is 0 Å². The van der Waals surface area contributed by atoms with Gasteiger partial charge in [-0.2, -0.15) is 13.2 Å². The van der Waals surface area contributed by atoms with Crippen LogP contribution < -0.4 is 0 Å². The van der Waals surface area contributed by atoms with Crippen LogP contribution in [0, 0.1) is 5.92 Å². The van der Waals surface area contributed by atoms with E-state index in [1.807, 2.05) is 12.1 Å². The molecule has 29 heavy (non-hydrogen) atoms. The van der Waals surface area contributed by atoms with Crippen LogP contribution in [0.4, 0.5) is 13.2 Å². The number of aromatic nitrogens is 2. The molecule has 1 fully saturated rings. The molecule has 0 spiro atoms. The number of likely N-dealkylation sites (tertiary alicyclic amines) is 1. The first-order valence-electron chi connectivity index (χ1n) is 9.93. The summed E-state index contributed by atoms with van der Waals surface area (Å²) >= 11 is 0. The highest BCUT2D eigenvalue weighted by Gasteiger charge is 2.30. The summed E-state index contributed by atoms with van der Waals surface area (Å²) in [6, 6.07) is 13.5. The number of benzene rings is 2. The highest BCUT2D eigenvalue weighted by Crippen LogP contribution is 2.32. The maximum Gasteiger partial charge on any atom is 0.416 e. The van der Waals surface area contributed by atoms with Gasteiger partial charge < -0.3 is 4.98 Å². The highest BCUT2D eigenvalue weighted by atomic mass is 19.4. The summed E-state index contributed by atoms with van der Waals surface area (Å²) in [7, 11) is 0. The minimum Gasteiger partial charge on any atom is -0.338 e. The first-order chi connectivity index (χ1) is 13.9. The molecule has 3 nitrogen and oxygen atoms in total. The van der Waals surface area contributed by atoms with Crippen molar-refractivity contribution in [3.05, 3.63) is 65.9 Å². The lowest BCUT2D eigenvalue weighted by molar-refractivity contribution is -0.137. The molecule has 2 heterocycles. The van der Waals surface area contributed by atoms with E-state index in [1.165, 1.54) is 24.5 Å². The zero-order chi connectivity index (χ0) is 20.4. The Bertz CT molecular complexity index is 977. The maximum atomic E-state index is 13.0. The molecule has 1 atom stereocenters. The number of piperidine rings is 1. The van der Waals surface area contributed by atoms with Crippen LogP contribution in [0.5, 0.6) is 0 Å². The number of H-pyrrole nitrogens is 1. The second-order valence-corrected chi connectivity index (χ2v) is 7.91. The number of rotatable bonds is 4. The molecule has 152 valence electrons. The van der Waals surface area contributed by atoms with Crippen molar-refractivity contribution < 1.29 is 13.2 Å². The summed E-state index contributed by atoms with van der Waals surface area (Å²) < 4.78 is 39.0. The molecule has 0 amide bonds. The van der Waals surface area contributed by atoms with Crippen LogP contribution >= 0.6 is 0 Å². The van der Waals surface area contributed by atoms with Crippen molar-refractivity contribution in [2.24, 2.45) is 5.92 Å². The van der Waals surface area contributed by atoms with E-state index < -0.39 is 11.7 Å². The summed E-state index contributed by atoms with van der Waals surface area (Å²) in [4.78, 5) is 10.1. The minimum atomic E-state index is -4.36. The van der Waals surface area contributed by atoms with E-state index in [0.717, 1.165) is 43.2 Å². The molecule has 1 aromatic heterocycles.